The van der Waals surface area contributed by atoms with E-state index in [1.807, 2.05) is 42.5 Å². The van der Waals surface area contributed by atoms with E-state index in [0.717, 1.165) is 5.56 Å². The number of benzene rings is 2. The molecule has 0 radical (unpaired) electrons. The van der Waals surface area contributed by atoms with E-state index in [2.05, 4.69) is 5.16 Å². The Morgan fingerprint density at radius 3 is 2.31 bits per heavy atom. The first-order valence-corrected chi connectivity index (χ1v) is 7.82. The van der Waals surface area contributed by atoms with Crippen LogP contribution in [0.4, 0.5) is 0 Å². The molecule has 0 heterocycles. The van der Waals surface area contributed by atoms with Crippen molar-refractivity contribution < 1.29 is 23.8 Å². The van der Waals surface area contributed by atoms with Crippen molar-refractivity contribution in [3.63, 3.8) is 0 Å². The van der Waals surface area contributed by atoms with Gasteiger partial charge in [-0.05, 0) is 12.1 Å². The Morgan fingerprint density at radius 1 is 0.962 bits per heavy atom. The molecular weight excluding hydrogens is 334 g/mol. The molecule has 0 aliphatic heterocycles. The molecule has 0 saturated heterocycles. The lowest BCUT2D eigenvalue weighted by atomic mass is 9.93. The Bertz CT molecular complexity index is 826. The van der Waals surface area contributed by atoms with Gasteiger partial charge < -0.3 is 19.0 Å². The van der Waals surface area contributed by atoms with Crippen molar-refractivity contribution in [1.82, 2.24) is 0 Å². The predicted molar refractivity (Wildman–Crippen MR) is 99.1 cm³/mol. The number of rotatable bonds is 7. The third kappa shape index (κ3) is 4.22. The van der Waals surface area contributed by atoms with E-state index in [0.29, 0.717) is 22.6 Å². The molecular formula is C20H21NO5. The summed E-state index contributed by atoms with van der Waals surface area (Å²) in [6.07, 6.45) is 1.35. The second kappa shape index (κ2) is 9.27. The fourth-order valence-electron chi connectivity index (χ4n) is 2.49. The Hall–Kier alpha value is -3.28. The van der Waals surface area contributed by atoms with Crippen molar-refractivity contribution in [3.05, 3.63) is 71.5 Å². The van der Waals surface area contributed by atoms with Crippen LogP contribution < -0.4 is 4.74 Å². The van der Waals surface area contributed by atoms with Gasteiger partial charge in [0.15, 0.2) is 0 Å². The van der Waals surface area contributed by atoms with Crippen molar-refractivity contribution in [2.24, 2.45) is 5.16 Å². The van der Waals surface area contributed by atoms with E-state index in [4.69, 9.17) is 19.0 Å². The molecule has 136 valence electrons. The van der Waals surface area contributed by atoms with Crippen molar-refractivity contribution in [2.75, 3.05) is 28.4 Å². The normalized spacial score (nSPS) is 11.7. The molecule has 0 amide bonds. The summed E-state index contributed by atoms with van der Waals surface area (Å²) in [7, 11) is 5.85. The van der Waals surface area contributed by atoms with Gasteiger partial charge >= 0.3 is 5.97 Å². The smallest absolute Gasteiger partial charge is 0.341 e. The van der Waals surface area contributed by atoms with Crippen LogP contribution in [0.1, 0.15) is 16.7 Å². The first-order valence-electron chi connectivity index (χ1n) is 7.82. The van der Waals surface area contributed by atoms with Crippen molar-refractivity contribution in [3.8, 4) is 5.75 Å². The van der Waals surface area contributed by atoms with Gasteiger partial charge in [0.1, 0.15) is 24.1 Å². The van der Waals surface area contributed by atoms with Crippen LogP contribution >= 0.6 is 0 Å². The summed E-state index contributed by atoms with van der Waals surface area (Å²) >= 11 is 0. The highest BCUT2D eigenvalue weighted by atomic mass is 16.6. The highest BCUT2D eigenvalue weighted by Crippen LogP contribution is 2.25. The zero-order valence-electron chi connectivity index (χ0n) is 15.2. The van der Waals surface area contributed by atoms with Crippen LogP contribution in [0.25, 0.3) is 5.57 Å². The maximum Gasteiger partial charge on any atom is 0.341 e. The average Bonchev–Trinajstić information content (AvgIpc) is 2.70. The lowest BCUT2D eigenvalue weighted by Crippen LogP contribution is -2.12. The van der Waals surface area contributed by atoms with Gasteiger partial charge in [-0.2, -0.15) is 0 Å². The first-order chi connectivity index (χ1) is 12.7. The van der Waals surface area contributed by atoms with E-state index in [9.17, 15) is 4.79 Å². The maximum absolute atomic E-state index is 12.2. The van der Waals surface area contributed by atoms with Crippen LogP contribution in [0, 0.1) is 0 Å². The molecule has 6 heteroatoms. The van der Waals surface area contributed by atoms with Gasteiger partial charge in [0.25, 0.3) is 0 Å². The summed E-state index contributed by atoms with van der Waals surface area (Å²) in [6.45, 7) is 0. The molecule has 0 atom stereocenters. The van der Waals surface area contributed by atoms with E-state index >= 15 is 0 Å². The van der Waals surface area contributed by atoms with Gasteiger partial charge in [0.2, 0.25) is 0 Å². The molecule has 0 fully saturated rings. The van der Waals surface area contributed by atoms with Gasteiger partial charge in [-0.25, -0.2) is 4.79 Å². The largest absolute Gasteiger partial charge is 0.503 e. The molecule has 0 N–H and O–H groups in total. The summed E-state index contributed by atoms with van der Waals surface area (Å²) < 4.78 is 15.2. The second-order valence-electron chi connectivity index (χ2n) is 5.16. The number of methoxy groups -OCH3 is 3. The standard InChI is InChI=1S/C20H21NO5/c1-23-13-18(20(22)25-3)16-10-5-6-11-17(16)19(21-26-4)14-8-7-9-15(12-14)24-2/h5-13H,1-4H3/b18-13+,21-19+. The predicted octanol–water partition coefficient (Wildman–Crippen LogP) is 3.25. The summed E-state index contributed by atoms with van der Waals surface area (Å²) in [5.41, 5.74) is 2.90. The topological polar surface area (TPSA) is 66.4 Å². The number of hydrogen-bond donors (Lipinski definition) is 0. The fourth-order valence-corrected chi connectivity index (χ4v) is 2.49. The van der Waals surface area contributed by atoms with Crippen molar-refractivity contribution in [2.45, 2.75) is 0 Å². The third-order valence-corrected chi connectivity index (χ3v) is 3.64. The Kier molecular flexibility index (Phi) is 6.79. The molecule has 2 aromatic carbocycles. The minimum absolute atomic E-state index is 0.275. The monoisotopic (exact) mass is 355 g/mol. The average molecular weight is 355 g/mol. The van der Waals surface area contributed by atoms with E-state index in [1.54, 1.807) is 13.2 Å². The molecule has 26 heavy (non-hydrogen) atoms. The van der Waals surface area contributed by atoms with Crippen LogP contribution in [0.15, 0.2) is 59.9 Å². The number of ether oxygens (including phenoxy) is 3. The maximum atomic E-state index is 12.2. The van der Waals surface area contributed by atoms with Crippen LogP contribution in [-0.2, 0) is 19.1 Å². The van der Waals surface area contributed by atoms with Crippen LogP contribution in [0.5, 0.6) is 5.75 Å². The minimum Gasteiger partial charge on any atom is -0.503 e. The molecule has 0 aliphatic carbocycles. The van der Waals surface area contributed by atoms with Crippen molar-refractivity contribution in [1.29, 1.82) is 0 Å². The van der Waals surface area contributed by atoms with Gasteiger partial charge in [0, 0.05) is 16.7 Å². The number of oxime groups is 1. The molecule has 6 nitrogen and oxygen atoms in total. The fraction of sp³-hybridized carbons (Fsp3) is 0.200. The number of carbonyl (C=O) groups is 1. The lowest BCUT2D eigenvalue weighted by Gasteiger charge is -2.14. The molecule has 0 bridgehead atoms. The SMILES string of the molecule is CO/C=C(/C(=O)OC)c1ccccc1/C(=N/OC)c1cccc(OC)c1. The number of nitrogens with zero attached hydrogens (tertiary/aromatic N) is 1. The zero-order chi connectivity index (χ0) is 18.9. The quantitative estimate of drug-likeness (QED) is 0.251. The first kappa shape index (κ1) is 19.1. The molecule has 0 aromatic heterocycles. The summed E-state index contributed by atoms with van der Waals surface area (Å²) in [6, 6.07) is 14.7. The lowest BCUT2D eigenvalue weighted by molar-refractivity contribution is -0.133. The summed E-state index contributed by atoms with van der Waals surface area (Å²) in [5, 5.41) is 4.17. The Labute approximate surface area is 152 Å². The molecule has 0 saturated carbocycles. The summed E-state index contributed by atoms with van der Waals surface area (Å²) in [5.74, 6) is 0.172. The molecule has 0 aliphatic rings. The number of carbonyl (C=O) groups excluding carboxylic acids is 1. The number of esters is 1. The van der Waals surface area contributed by atoms with E-state index in [1.165, 1.54) is 27.6 Å². The molecule has 2 rings (SSSR count). The van der Waals surface area contributed by atoms with Crippen LogP contribution in [-0.4, -0.2) is 40.1 Å². The number of hydrogen-bond acceptors (Lipinski definition) is 6. The van der Waals surface area contributed by atoms with Gasteiger partial charge in [-0.15, -0.1) is 0 Å². The Balaban J connectivity index is 2.66. The van der Waals surface area contributed by atoms with Gasteiger partial charge in [-0.1, -0.05) is 41.6 Å². The highest BCUT2D eigenvalue weighted by Gasteiger charge is 2.21. The zero-order valence-corrected chi connectivity index (χ0v) is 15.2. The Morgan fingerprint density at radius 2 is 1.69 bits per heavy atom. The second-order valence-corrected chi connectivity index (χ2v) is 5.16. The minimum atomic E-state index is -0.512. The van der Waals surface area contributed by atoms with Crippen molar-refractivity contribution >= 4 is 17.3 Å². The van der Waals surface area contributed by atoms with Gasteiger partial charge in [-0.3, -0.25) is 0 Å². The molecule has 0 spiro atoms. The van der Waals surface area contributed by atoms with E-state index in [-0.39, 0.29) is 5.57 Å². The summed E-state index contributed by atoms with van der Waals surface area (Å²) in [4.78, 5) is 17.3. The van der Waals surface area contributed by atoms with Crippen LogP contribution in [0.2, 0.25) is 0 Å². The van der Waals surface area contributed by atoms with Crippen LogP contribution in [0.3, 0.4) is 0 Å². The molecule has 2 aromatic rings. The van der Waals surface area contributed by atoms with Gasteiger partial charge in [0.05, 0.1) is 27.6 Å². The molecule has 0 unspecified atom stereocenters. The third-order valence-electron chi connectivity index (χ3n) is 3.64. The van der Waals surface area contributed by atoms with E-state index < -0.39 is 5.97 Å². The highest BCUT2D eigenvalue weighted by molar-refractivity contribution is 6.22.